The van der Waals surface area contributed by atoms with Crippen LogP contribution in [0.15, 0.2) is 64.2 Å². The van der Waals surface area contributed by atoms with E-state index < -0.39 is 0 Å². The maximum absolute atomic E-state index is 13.0. The first-order valence-electron chi connectivity index (χ1n) is 9.03. The Bertz CT molecular complexity index is 913. The predicted molar refractivity (Wildman–Crippen MR) is 126 cm³/mol. The lowest BCUT2D eigenvalue weighted by atomic mass is 10.1. The van der Waals surface area contributed by atoms with E-state index in [0.717, 1.165) is 35.2 Å². The quantitative estimate of drug-likeness (QED) is 0.265. The standard InChI is InChI=1S/C21H22ClFN4O.HI/c1-24-21(25-12-10-15-2-6-17(22)7-3-15)26-13-11-19-14-28-20(27-19)16-4-8-18(23)9-5-16;/h2-9,14H,10-13H2,1H3,(H2,24,25,26);1H. The van der Waals surface area contributed by atoms with Crippen LogP contribution in [0.5, 0.6) is 0 Å². The molecule has 3 rings (SSSR count). The van der Waals surface area contributed by atoms with Gasteiger partial charge in [-0.15, -0.1) is 24.0 Å². The molecular weight excluding hydrogens is 506 g/mol. The number of benzene rings is 2. The Kier molecular flexibility index (Phi) is 9.40. The van der Waals surface area contributed by atoms with Gasteiger partial charge in [0.15, 0.2) is 5.96 Å². The largest absolute Gasteiger partial charge is 0.444 e. The zero-order chi connectivity index (χ0) is 19.8. The van der Waals surface area contributed by atoms with E-state index in [1.165, 1.54) is 17.7 Å². The molecule has 0 bridgehead atoms. The van der Waals surface area contributed by atoms with Gasteiger partial charge in [0.2, 0.25) is 5.89 Å². The lowest BCUT2D eigenvalue weighted by Crippen LogP contribution is -2.39. The average molecular weight is 529 g/mol. The molecule has 0 saturated heterocycles. The fourth-order valence-corrected chi connectivity index (χ4v) is 2.78. The van der Waals surface area contributed by atoms with Crippen molar-refractivity contribution in [2.75, 3.05) is 20.1 Å². The maximum atomic E-state index is 13.0. The van der Waals surface area contributed by atoms with Gasteiger partial charge < -0.3 is 15.1 Å². The van der Waals surface area contributed by atoms with Gasteiger partial charge in [-0.1, -0.05) is 23.7 Å². The van der Waals surface area contributed by atoms with Crippen LogP contribution in [-0.4, -0.2) is 31.1 Å². The molecule has 29 heavy (non-hydrogen) atoms. The van der Waals surface area contributed by atoms with Gasteiger partial charge >= 0.3 is 0 Å². The Hall–Kier alpha value is -2.13. The Morgan fingerprint density at radius 2 is 1.69 bits per heavy atom. The van der Waals surface area contributed by atoms with Crippen LogP contribution in [0.3, 0.4) is 0 Å². The molecule has 0 aliphatic carbocycles. The summed E-state index contributed by atoms with van der Waals surface area (Å²) in [5.74, 6) is 0.936. The minimum Gasteiger partial charge on any atom is -0.444 e. The van der Waals surface area contributed by atoms with E-state index in [0.29, 0.717) is 18.9 Å². The van der Waals surface area contributed by atoms with Crippen molar-refractivity contribution in [1.29, 1.82) is 0 Å². The summed E-state index contributed by atoms with van der Waals surface area (Å²) in [6.07, 6.45) is 3.18. The summed E-state index contributed by atoms with van der Waals surface area (Å²) in [7, 11) is 1.74. The monoisotopic (exact) mass is 528 g/mol. The highest BCUT2D eigenvalue weighted by Gasteiger charge is 2.07. The molecule has 2 aromatic carbocycles. The van der Waals surface area contributed by atoms with E-state index in [1.807, 2.05) is 24.3 Å². The van der Waals surface area contributed by atoms with E-state index in [2.05, 4.69) is 20.6 Å². The van der Waals surface area contributed by atoms with E-state index in [-0.39, 0.29) is 29.8 Å². The lowest BCUT2D eigenvalue weighted by molar-refractivity contribution is 0.571. The van der Waals surface area contributed by atoms with Gasteiger partial charge in [-0.05, 0) is 48.4 Å². The van der Waals surface area contributed by atoms with Gasteiger partial charge in [0, 0.05) is 37.1 Å². The Labute approximate surface area is 191 Å². The fourth-order valence-electron chi connectivity index (χ4n) is 2.65. The Morgan fingerprint density at radius 1 is 1.03 bits per heavy atom. The molecule has 2 N–H and O–H groups in total. The highest BCUT2D eigenvalue weighted by molar-refractivity contribution is 14.0. The van der Waals surface area contributed by atoms with Crippen molar-refractivity contribution in [3.8, 4) is 11.5 Å². The first-order valence-corrected chi connectivity index (χ1v) is 9.41. The minimum absolute atomic E-state index is 0. The number of aliphatic imine (C=N–C) groups is 1. The van der Waals surface area contributed by atoms with Crippen LogP contribution in [0.1, 0.15) is 11.3 Å². The van der Waals surface area contributed by atoms with Crippen molar-refractivity contribution in [2.24, 2.45) is 4.99 Å². The number of hydrogen-bond acceptors (Lipinski definition) is 3. The van der Waals surface area contributed by atoms with E-state index in [1.54, 1.807) is 25.4 Å². The Morgan fingerprint density at radius 3 is 2.34 bits per heavy atom. The number of nitrogens with one attached hydrogen (secondary N) is 2. The first kappa shape index (κ1) is 23.2. The van der Waals surface area contributed by atoms with Gasteiger partial charge in [0.25, 0.3) is 0 Å². The molecule has 1 heterocycles. The fraction of sp³-hybridized carbons (Fsp3) is 0.238. The van der Waals surface area contributed by atoms with Crippen LogP contribution < -0.4 is 10.6 Å². The summed E-state index contributed by atoms with van der Waals surface area (Å²) >= 11 is 5.90. The molecule has 0 amide bonds. The van der Waals surface area contributed by atoms with Crippen LogP contribution >= 0.6 is 35.6 Å². The summed E-state index contributed by atoms with van der Waals surface area (Å²) < 4.78 is 18.5. The van der Waals surface area contributed by atoms with Crippen molar-refractivity contribution in [1.82, 2.24) is 15.6 Å². The summed E-state index contributed by atoms with van der Waals surface area (Å²) in [5.41, 5.74) is 2.78. The van der Waals surface area contributed by atoms with Crippen LogP contribution in [-0.2, 0) is 12.8 Å². The normalized spacial score (nSPS) is 11.1. The Balaban J connectivity index is 0.00000300. The second-order valence-electron chi connectivity index (χ2n) is 6.20. The van der Waals surface area contributed by atoms with Crippen LogP contribution in [0.4, 0.5) is 4.39 Å². The van der Waals surface area contributed by atoms with Gasteiger partial charge in [-0.2, -0.15) is 0 Å². The van der Waals surface area contributed by atoms with Crippen molar-refractivity contribution in [3.63, 3.8) is 0 Å². The zero-order valence-corrected chi connectivity index (χ0v) is 19.1. The second-order valence-corrected chi connectivity index (χ2v) is 6.64. The predicted octanol–water partition coefficient (Wildman–Crippen LogP) is 4.70. The van der Waals surface area contributed by atoms with Crippen LogP contribution in [0, 0.1) is 5.82 Å². The summed E-state index contributed by atoms with van der Waals surface area (Å²) in [5, 5.41) is 7.28. The van der Waals surface area contributed by atoms with Crippen LogP contribution in [0.2, 0.25) is 5.02 Å². The number of halogens is 3. The molecule has 0 aliphatic rings. The van der Waals surface area contributed by atoms with Gasteiger partial charge in [-0.25, -0.2) is 9.37 Å². The van der Waals surface area contributed by atoms with Crippen molar-refractivity contribution in [3.05, 3.63) is 76.9 Å². The SMILES string of the molecule is CN=C(NCCc1ccc(Cl)cc1)NCCc1coc(-c2ccc(F)cc2)n1.I. The van der Waals surface area contributed by atoms with Crippen LogP contribution in [0.25, 0.3) is 11.5 Å². The van der Waals surface area contributed by atoms with Crippen molar-refractivity contribution in [2.45, 2.75) is 12.8 Å². The zero-order valence-electron chi connectivity index (χ0n) is 16.0. The number of guanidine groups is 1. The molecule has 5 nitrogen and oxygen atoms in total. The molecule has 0 spiro atoms. The highest BCUT2D eigenvalue weighted by Crippen LogP contribution is 2.19. The van der Waals surface area contributed by atoms with E-state index in [4.69, 9.17) is 16.0 Å². The molecule has 0 saturated carbocycles. The van der Waals surface area contributed by atoms with Gasteiger partial charge in [0.05, 0.1) is 5.69 Å². The van der Waals surface area contributed by atoms with E-state index >= 15 is 0 Å². The summed E-state index contributed by atoms with van der Waals surface area (Å²) in [4.78, 5) is 8.66. The summed E-state index contributed by atoms with van der Waals surface area (Å²) in [6, 6.07) is 13.9. The number of nitrogens with zero attached hydrogens (tertiary/aromatic N) is 2. The number of oxazole rings is 1. The van der Waals surface area contributed by atoms with Crippen molar-refractivity contribution < 1.29 is 8.81 Å². The molecule has 0 unspecified atom stereocenters. The average Bonchev–Trinajstić information content (AvgIpc) is 3.17. The maximum Gasteiger partial charge on any atom is 0.226 e. The molecule has 3 aromatic rings. The highest BCUT2D eigenvalue weighted by atomic mass is 127. The van der Waals surface area contributed by atoms with Crippen molar-refractivity contribution >= 4 is 41.5 Å². The lowest BCUT2D eigenvalue weighted by Gasteiger charge is -2.11. The third-order valence-electron chi connectivity index (χ3n) is 4.16. The summed E-state index contributed by atoms with van der Waals surface area (Å²) in [6.45, 7) is 1.43. The smallest absolute Gasteiger partial charge is 0.226 e. The molecule has 0 atom stereocenters. The van der Waals surface area contributed by atoms with Gasteiger partial charge in [-0.3, -0.25) is 4.99 Å². The van der Waals surface area contributed by atoms with Gasteiger partial charge in [0.1, 0.15) is 12.1 Å². The molecule has 0 fully saturated rings. The molecular formula is C21H23ClFIN4O. The molecule has 0 radical (unpaired) electrons. The molecule has 154 valence electrons. The second kappa shape index (κ2) is 11.8. The molecule has 0 aliphatic heterocycles. The minimum atomic E-state index is -0.283. The third kappa shape index (κ3) is 7.32. The number of hydrogen-bond donors (Lipinski definition) is 2. The first-order chi connectivity index (χ1) is 13.6. The van der Waals surface area contributed by atoms with E-state index in [9.17, 15) is 4.39 Å². The number of rotatable bonds is 7. The number of aromatic nitrogens is 1. The molecule has 1 aromatic heterocycles. The topological polar surface area (TPSA) is 62.5 Å². The third-order valence-corrected chi connectivity index (χ3v) is 4.41. The molecule has 8 heteroatoms.